The molecule has 19 heavy (non-hydrogen) atoms. The number of rotatable bonds is 5. The highest BCUT2D eigenvalue weighted by Gasteiger charge is 2.07. The normalized spacial score (nSPS) is 10.7. The minimum atomic E-state index is 0.816. The molecule has 1 aromatic carbocycles. The van der Waals surface area contributed by atoms with Crippen LogP contribution in [-0.4, -0.2) is 7.11 Å². The monoisotopic (exact) mass is 467 g/mol. The van der Waals surface area contributed by atoms with Gasteiger partial charge in [0.05, 0.1) is 16.1 Å². The van der Waals surface area contributed by atoms with E-state index >= 15 is 0 Å². The molecule has 0 aliphatic rings. The molecule has 2 aromatic rings. The predicted molar refractivity (Wildman–Crippen MR) is 91.0 cm³/mol. The maximum absolute atomic E-state index is 5.29. The van der Waals surface area contributed by atoms with Crippen LogP contribution in [0.5, 0.6) is 5.75 Å². The van der Waals surface area contributed by atoms with Gasteiger partial charge in [-0.1, -0.05) is 0 Å². The van der Waals surface area contributed by atoms with Crippen LogP contribution in [0.3, 0.4) is 0 Å². The molecule has 0 aliphatic carbocycles. The number of thiophene rings is 1. The third-order valence-electron chi connectivity index (χ3n) is 2.51. The highest BCUT2D eigenvalue weighted by Crippen LogP contribution is 2.34. The van der Waals surface area contributed by atoms with Crippen LogP contribution in [-0.2, 0) is 13.1 Å². The second-order valence-electron chi connectivity index (χ2n) is 3.93. The van der Waals surface area contributed by atoms with E-state index in [-0.39, 0.29) is 0 Å². The van der Waals surface area contributed by atoms with Crippen molar-refractivity contribution < 1.29 is 4.74 Å². The van der Waals surface area contributed by atoms with Gasteiger partial charge in [0, 0.05) is 27.8 Å². The first-order valence-corrected chi connectivity index (χ1v) is 8.81. The number of nitrogens with one attached hydrogen (secondary N) is 1. The first kappa shape index (κ1) is 15.5. The lowest BCUT2D eigenvalue weighted by Gasteiger charge is -2.09. The molecule has 2 nitrogen and oxygen atoms in total. The zero-order chi connectivity index (χ0) is 13.8. The lowest BCUT2D eigenvalue weighted by molar-refractivity contribution is 0.409. The van der Waals surface area contributed by atoms with Gasteiger partial charge in [-0.2, -0.15) is 0 Å². The Morgan fingerprint density at radius 3 is 2.32 bits per heavy atom. The fourth-order valence-electron chi connectivity index (χ4n) is 1.69. The number of benzene rings is 1. The molecule has 0 bridgehead atoms. The molecule has 0 unspecified atom stereocenters. The van der Waals surface area contributed by atoms with Gasteiger partial charge < -0.3 is 10.1 Å². The number of methoxy groups -OCH3 is 1. The van der Waals surface area contributed by atoms with Gasteiger partial charge in [0.15, 0.2) is 0 Å². The first-order valence-electron chi connectivity index (χ1n) is 5.55. The van der Waals surface area contributed by atoms with Crippen LogP contribution in [0.1, 0.15) is 10.4 Å². The van der Waals surface area contributed by atoms with E-state index in [1.165, 1.54) is 10.4 Å². The summed E-state index contributed by atoms with van der Waals surface area (Å²) < 4.78 is 8.35. The molecule has 0 saturated carbocycles. The van der Waals surface area contributed by atoms with Crippen LogP contribution in [0, 0.1) is 0 Å². The summed E-state index contributed by atoms with van der Waals surface area (Å²) in [5.41, 5.74) is 1.20. The molecule has 0 fully saturated rings. The lowest BCUT2D eigenvalue weighted by Crippen LogP contribution is -2.11. The molecule has 0 radical (unpaired) electrons. The Morgan fingerprint density at radius 2 is 1.79 bits per heavy atom. The van der Waals surface area contributed by atoms with E-state index in [1.807, 2.05) is 0 Å². The Kier molecular flexibility index (Phi) is 5.89. The zero-order valence-corrected chi connectivity index (χ0v) is 15.7. The van der Waals surface area contributed by atoms with Crippen molar-refractivity contribution in [3.63, 3.8) is 0 Å². The third-order valence-corrected chi connectivity index (χ3v) is 5.39. The van der Waals surface area contributed by atoms with Gasteiger partial charge in [-0.05, 0) is 71.6 Å². The van der Waals surface area contributed by atoms with Gasteiger partial charge in [0.1, 0.15) is 5.75 Å². The Balaban J connectivity index is 1.96. The summed E-state index contributed by atoms with van der Waals surface area (Å²) in [5.74, 6) is 0.825. The van der Waals surface area contributed by atoms with Crippen LogP contribution in [0.2, 0.25) is 0 Å². The molecule has 0 atom stereocenters. The Hall–Kier alpha value is 0.120. The van der Waals surface area contributed by atoms with E-state index in [4.69, 9.17) is 4.74 Å². The zero-order valence-electron chi connectivity index (χ0n) is 10.2. The molecule has 0 amide bonds. The van der Waals surface area contributed by atoms with E-state index in [0.29, 0.717) is 0 Å². The second kappa shape index (κ2) is 7.22. The summed E-state index contributed by atoms with van der Waals surface area (Å²) in [7, 11) is 1.66. The van der Waals surface area contributed by atoms with Gasteiger partial charge in [-0.25, -0.2) is 0 Å². The van der Waals surface area contributed by atoms with Crippen molar-refractivity contribution in [3.05, 3.63) is 47.4 Å². The van der Waals surface area contributed by atoms with Crippen molar-refractivity contribution in [3.8, 4) is 5.75 Å². The smallest absolute Gasteiger partial charge is 0.147 e. The number of ether oxygens (including phenoxy) is 1. The van der Waals surface area contributed by atoms with E-state index in [0.717, 1.165) is 32.3 Å². The number of hydrogen-bond donors (Lipinski definition) is 1. The molecular formula is C13H12Br3NOS. The number of hydrogen-bond acceptors (Lipinski definition) is 3. The SMILES string of the molecule is COc1c(Br)cc(CNCc2cc(Br)cs2)cc1Br. The van der Waals surface area contributed by atoms with Crippen LogP contribution < -0.4 is 10.1 Å². The van der Waals surface area contributed by atoms with Gasteiger partial charge in [-0.3, -0.25) is 0 Å². The van der Waals surface area contributed by atoms with Crippen LogP contribution in [0.15, 0.2) is 37.0 Å². The molecule has 0 aliphatic heterocycles. The average molecular weight is 470 g/mol. The van der Waals surface area contributed by atoms with Crippen molar-refractivity contribution in [1.82, 2.24) is 5.32 Å². The average Bonchev–Trinajstić information content (AvgIpc) is 2.75. The molecule has 1 N–H and O–H groups in total. The Morgan fingerprint density at radius 1 is 1.11 bits per heavy atom. The summed E-state index contributed by atoms with van der Waals surface area (Å²) in [6.07, 6.45) is 0. The topological polar surface area (TPSA) is 21.3 Å². The predicted octanol–water partition coefficient (Wildman–Crippen LogP) is 5.33. The summed E-state index contributed by atoms with van der Waals surface area (Å²) in [4.78, 5) is 1.32. The van der Waals surface area contributed by atoms with Gasteiger partial charge in [0.2, 0.25) is 0 Å². The molecule has 6 heteroatoms. The van der Waals surface area contributed by atoms with E-state index in [1.54, 1.807) is 18.4 Å². The highest BCUT2D eigenvalue weighted by molar-refractivity contribution is 9.11. The molecule has 0 saturated heterocycles. The van der Waals surface area contributed by atoms with Gasteiger partial charge >= 0.3 is 0 Å². The van der Waals surface area contributed by atoms with Crippen LogP contribution >= 0.6 is 59.1 Å². The quantitative estimate of drug-likeness (QED) is 0.638. The molecule has 1 aromatic heterocycles. The minimum Gasteiger partial charge on any atom is -0.494 e. The maximum Gasteiger partial charge on any atom is 0.147 e. The maximum atomic E-state index is 5.29. The van der Waals surface area contributed by atoms with Crippen molar-refractivity contribution in [2.45, 2.75) is 13.1 Å². The first-order chi connectivity index (χ1) is 9.10. The summed E-state index contributed by atoms with van der Waals surface area (Å²) >= 11 is 12.2. The van der Waals surface area contributed by atoms with Crippen molar-refractivity contribution in [2.75, 3.05) is 7.11 Å². The van der Waals surface area contributed by atoms with E-state index in [9.17, 15) is 0 Å². The second-order valence-corrected chi connectivity index (χ2v) is 7.55. The standard InChI is InChI=1S/C13H12Br3NOS/c1-18-13-11(15)2-8(3-12(13)16)5-17-6-10-4-9(14)7-19-10/h2-4,7,17H,5-6H2,1H3. The fraction of sp³-hybridized carbons (Fsp3) is 0.231. The van der Waals surface area contributed by atoms with Crippen LogP contribution in [0.4, 0.5) is 0 Å². The van der Waals surface area contributed by atoms with E-state index in [2.05, 4.69) is 76.7 Å². The highest BCUT2D eigenvalue weighted by atomic mass is 79.9. The molecule has 102 valence electrons. The molecule has 2 rings (SSSR count). The Labute approximate surface area is 141 Å². The van der Waals surface area contributed by atoms with E-state index < -0.39 is 0 Å². The summed E-state index contributed by atoms with van der Waals surface area (Å²) in [6, 6.07) is 6.28. The molecule has 1 heterocycles. The largest absolute Gasteiger partial charge is 0.494 e. The molecular weight excluding hydrogens is 458 g/mol. The summed E-state index contributed by atoms with van der Waals surface area (Å²) in [6.45, 7) is 1.69. The lowest BCUT2D eigenvalue weighted by atomic mass is 10.2. The number of halogens is 3. The minimum absolute atomic E-state index is 0.816. The van der Waals surface area contributed by atoms with Gasteiger partial charge in [-0.15, -0.1) is 11.3 Å². The van der Waals surface area contributed by atoms with Crippen molar-refractivity contribution in [2.24, 2.45) is 0 Å². The fourth-order valence-corrected chi connectivity index (χ4v) is 4.71. The molecule has 0 spiro atoms. The van der Waals surface area contributed by atoms with Crippen LogP contribution in [0.25, 0.3) is 0 Å². The van der Waals surface area contributed by atoms with Crippen molar-refractivity contribution >= 4 is 59.1 Å². The van der Waals surface area contributed by atoms with Gasteiger partial charge in [0.25, 0.3) is 0 Å². The Bertz CT molecular complexity index is 548. The third kappa shape index (κ3) is 4.29. The summed E-state index contributed by atoms with van der Waals surface area (Å²) in [5, 5.41) is 5.53. The van der Waals surface area contributed by atoms with Crippen molar-refractivity contribution in [1.29, 1.82) is 0 Å².